The SMILES string of the molecule is Cc1cc(CCCN)ccc1N1CCCCC1. The fraction of sp³-hybridized carbons (Fsp3) is 0.600. The number of nitrogens with zero attached hydrogens (tertiary/aromatic N) is 1. The molecule has 0 spiro atoms. The van der Waals surface area contributed by atoms with Gasteiger partial charge in [-0.15, -0.1) is 0 Å². The Morgan fingerprint density at radius 1 is 1.18 bits per heavy atom. The summed E-state index contributed by atoms with van der Waals surface area (Å²) in [7, 11) is 0. The third-order valence-electron chi connectivity index (χ3n) is 3.63. The van der Waals surface area contributed by atoms with Gasteiger partial charge >= 0.3 is 0 Å². The molecule has 1 aromatic rings. The Kier molecular flexibility index (Phi) is 4.43. The minimum atomic E-state index is 0.785. The van der Waals surface area contributed by atoms with Gasteiger partial charge in [-0.1, -0.05) is 12.1 Å². The number of benzene rings is 1. The lowest BCUT2D eigenvalue weighted by molar-refractivity contribution is 0.577. The standard InChI is InChI=1S/C15H24N2/c1-13-12-14(6-5-9-16)7-8-15(13)17-10-3-2-4-11-17/h7-8,12H,2-6,9-11,16H2,1H3. The first-order valence-corrected chi connectivity index (χ1v) is 6.86. The molecule has 0 unspecified atom stereocenters. The van der Waals surface area contributed by atoms with Crippen LogP contribution in [-0.4, -0.2) is 19.6 Å². The van der Waals surface area contributed by atoms with E-state index in [4.69, 9.17) is 5.73 Å². The number of hydrogen-bond donors (Lipinski definition) is 1. The third kappa shape index (κ3) is 3.22. The minimum absolute atomic E-state index is 0.785. The van der Waals surface area contributed by atoms with Gasteiger partial charge in [-0.3, -0.25) is 0 Å². The zero-order valence-electron chi connectivity index (χ0n) is 10.9. The summed E-state index contributed by atoms with van der Waals surface area (Å²) in [4.78, 5) is 2.53. The lowest BCUT2D eigenvalue weighted by Gasteiger charge is -2.30. The predicted octanol–water partition coefficient (Wildman–Crippen LogP) is 2.88. The van der Waals surface area contributed by atoms with Crippen LogP contribution in [0.5, 0.6) is 0 Å². The number of rotatable bonds is 4. The highest BCUT2D eigenvalue weighted by molar-refractivity contribution is 5.54. The van der Waals surface area contributed by atoms with Gasteiger partial charge in [-0.05, 0) is 62.8 Å². The molecule has 2 N–H and O–H groups in total. The van der Waals surface area contributed by atoms with Gasteiger partial charge in [0, 0.05) is 18.8 Å². The molecule has 1 fully saturated rings. The topological polar surface area (TPSA) is 29.3 Å². The Balaban J connectivity index is 2.07. The fourth-order valence-corrected chi connectivity index (χ4v) is 2.67. The van der Waals surface area contributed by atoms with E-state index in [2.05, 4.69) is 30.0 Å². The molecule has 0 amide bonds. The van der Waals surface area contributed by atoms with E-state index in [1.807, 2.05) is 0 Å². The summed E-state index contributed by atoms with van der Waals surface area (Å²) in [5.41, 5.74) is 9.83. The molecule has 1 heterocycles. The van der Waals surface area contributed by atoms with Gasteiger partial charge in [0.25, 0.3) is 0 Å². The molecule has 2 nitrogen and oxygen atoms in total. The number of nitrogens with two attached hydrogens (primary N) is 1. The Hall–Kier alpha value is -1.02. The molecule has 1 saturated heterocycles. The molecule has 0 radical (unpaired) electrons. The molecule has 2 heteroatoms. The quantitative estimate of drug-likeness (QED) is 0.865. The Bertz CT molecular complexity index is 354. The van der Waals surface area contributed by atoms with Crippen molar-refractivity contribution in [2.75, 3.05) is 24.5 Å². The second-order valence-electron chi connectivity index (χ2n) is 5.06. The van der Waals surface area contributed by atoms with E-state index < -0.39 is 0 Å². The highest BCUT2D eigenvalue weighted by Gasteiger charge is 2.12. The molecule has 0 saturated carbocycles. The van der Waals surface area contributed by atoms with E-state index in [0.717, 1.165) is 19.4 Å². The van der Waals surface area contributed by atoms with Gasteiger partial charge in [0.15, 0.2) is 0 Å². The van der Waals surface area contributed by atoms with E-state index in [1.165, 1.54) is 49.2 Å². The molecule has 1 aromatic carbocycles. The third-order valence-corrected chi connectivity index (χ3v) is 3.63. The van der Waals surface area contributed by atoms with Gasteiger partial charge < -0.3 is 10.6 Å². The number of hydrogen-bond acceptors (Lipinski definition) is 2. The second kappa shape index (κ2) is 6.06. The number of anilines is 1. The molecular weight excluding hydrogens is 208 g/mol. The van der Waals surface area contributed by atoms with Crippen molar-refractivity contribution in [2.24, 2.45) is 5.73 Å². The number of piperidine rings is 1. The van der Waals surface area contributed by atoms with Gasteiger partial charge in [0.1, 0.15) is 0 Å². The fourth-order valence-electron chi connectivity index (χ4n) is 2.67. The van der Waals surface area contributed by atoms with Crippen LogP contribution in [0.1, 0.15) is 36.8 Å². The average Bonchev–Trinajstić information content (AvgIpc) is 2.37. The van der Waals surface area contributed by atoms with E-state index in [-0.39, 0.29) is 0 Å². The smallest absolute Gasteiger partial charge is 0.0396 e. The first-order chi connectivity index (χ1) is 8.31. The Labute approximate surface area is 105 Å². The molecule has 94 valence electrons. The van der Waals surface area contributed by atoms with Gasteiger partial charge in [0.05, 0.1) is 0 Å². The lowest BCUT2D eigenvalue weighted by Crippen LogP contribution is -2.29. The van der Waals surface area contributed by atoms with Crippen LogP contribution in [0.3, 0.4) is 0 Å². The zero-order chi connectivity index (χ0) is 12.1. The Morgan fingerprint density at radius 2 is 1.94 bits per heavy atom. The second-order valence-corrected chi connectivity index (χ2v) is 5.06. The maximum absolute atomic E-state index is 5.55. The lowest BCUT2D eigenvalue weighted by atomic mass is 10.0. The summed E-state index contributed by atoms with van der Waals surface area (Å²) < 4.78 is 0. The Morgan fingerprint density at radius 3 is 2.59 bits per heavy atom. The molecule has 0 aliphatic carbocycles. The van der Waals surface area contributed by atoms with Crippen molar-refractivity contribution in [3.63, 3.8) is 0 Å². The maximum atomic E-state index is 5.55. The van der Waals surface area contributed by atoms with Crippen molar-refractivity contribution in [1.82, 2.24) is 0 Å². The largest absolute Gasteiger partial charge is 0.371 e. The van der Waals surface area contributed by atoms with Crippen molar-refractivity contribution in [1.29, 1.82) is 0 Å². The van der Waals surface area contributed by atoms with Gasteiger partial charge in [0.2, 0.25) is 0 Å². The summed E-state index contributed by atoms with van der Waals surface area (Å²) >= 11 is 0. The van der Waals surface area contributed by atoms with Crippen LogP contribution in [0.4, 0.5) is 5.69 Å². The van der Waals surface area contributed by atoms with Crippen molar-refractivity contribution >= 4 is 5.69 Å². The summed E-state index contributed by atoms with van der Waals surface area (Å²) in [6, 6.07) is 6.90. The predicted molar refractivity (Wildman–Crippen MR) is 74.6 cm³/mol. The van der Waals surface area contributed by atoms with E-state index in [1.54, 1.807) is 0 Å². The normalized spacial score (nSPS) is 16.2. The molecule has 0 atom stereocenters. The molecule has 2 rings (SSSR count). The van der Waals surface area contributed by atoms with Crippen LogP contribution in [0, 0.1) is 6.92 Å². The van der Waals surface area contributed by atoms with Crippen molar-refractivity contribution in [3.8, 4) is 0 Å². The maximum Gasteiger partial charge on any atom is 0.0396 e. The van der Waals surface area contributed by atoms with Crippen molar-refractivity contribution in [3.05, 3.63) is 29.3 Å². The van der Waals surface area contributed by atoms with Crippen LogP contribution in [-0.2, 0) is 6.42 Å². The highest BCUT2D eigenvalue weighted by atomic mass is 15.1. The monoisotopic (exact) mass is 232 g/mol. The molecule has 1 aliphatic heterocycles. The van der Waals surface area contributed by atoms with Crippen LogP contribution in [0.25, 0.3) is 0 Å². The molecule has 17 heavy (non-hydrogen) atoms. The average molecular weight is 232 g/mol. The van der Waals surface area contributed by atoms with E-state index in [0.29, 0.717) is 0 Å². The molecular formula is C15H24N2. The van der Waals surface area contributed by atoms with Crippen molar-refractivity contribution < 1.29 is 0 Å². The van der Waals surface area contributed by atoms with Crippen LogP contribution in [0.15, 0.2) is 18.2 Å². The summed E-state index contributed by atoms with van der Waals surface area (Å²) in [6.07, 6.45) is 6.27. The summed E-state index contributed by atoms with van der Waals surface area (Å²) in [6.45, 7) is 5.47. The summed E-state index contributed by atoms with van der Waals surface area (Å²) in [5, 5.41) is 0. The van der Waals surface area contributed by atoms with E-state index in [9.17, 15) is 0 Å². The highest BCUT2D eigenvalue weighted by Crippen LogP contribution is 2.24. The molecule has 1 aliphatic rings. The number of aryl methyl sites for hydroxylation is 2. The van der Waals surface area contributed by atoms with Gasteiger partial charge in [-0.25, -0.2) is 0 Å². The molecule has 0 aromatic heterocycles. The van der Waals surface area contributed by atoms with Crippen LogP contribution >= 0.6 is 0 Å². The van der Waals surface area contributed by atoms with E-state index >= 15 is 0 Å². The van der Waals surface area contributed by atoms with Crippen LogP contribution in [0.2, 0.25) is 0 Å². The first-order valence-electron chi connectivity index (χ1n) is 6.86. The minimum Gasteiger partial charge on any atom is -0.371 e. The summed E-state index contributed by atoms with van der Waals surface area (Å²) in [5.74, 6) is 0. The van der Waals surface area contributed by atoms with Crippen LogP contribution < -0.4 is 10.6 Å². The first kappa shape index (κ1) is 12.4. The van der Waals surface area contributed by atoms with Gasteiger partial charge in [-0.2, -0.15) is 0 Å². The molecule has 0 bridgehead atoms. The zero-order valence-corrected chi connectivity index (χ0v) is 10.9. The van der Waals surface area contributed by atoms with Crippen molar-refractivity contribution in [2.45, 2.75) is 39.0 Å².